The van der Waals surface area contributed by atoms with E-state index in [0.717, 1.165) is 12.1 Å². The summed E-state index contributed by atoms with van der Waals surface area (Å²) < 4.78 is 0. The quantitative estimate of drug-likeness (QED) is 0.364. The molecule has 0 saturated carbocycles. The van der Waals surface area contributed by atoms with Gasteiger partial charge in [-0.1, -0.05) is 0 Å². The van der Waals surface area contributed by atoms with Crippen LogP contribution in [0.4, 0.5) is 5.69 Å². The van der Waals surface area contributed by atoms with Crippen LogP contribution in [-0.2, 0) is 6.42 Å². The van der Waals surface area contributed by atoms with Crippen LogP contribution >= 0.6 is 11.6 Å². The minimum atomic E-state index is -1.02. The second-order valence-corrected chi connectivity index (χ2v) is 3.56. The summed E-state index contributed by atoms with van der Waals surface area (Å²) in [6.45, 7) is 0. The number of hydrogen-bond donors (Lipinski definition) is 2. The molecule has 0 saturated heterocycles. The summed E-state index contributed by atoms with van der Waals surface area (Å²) >= 11 is 5.50. The maximum atomic E-state index is 11.5. The third kappa shape index (κ3) is 2.72. The van der Waals surface area contributed by atoms with Crippen molar-refractivity contribution in [3.63, 3.8) is 0 Å². The van der Waals surface area contributed by atoms with Crippen molar-refractivity contribution in [2.45, 2.75) is 6.42 Å². The SMILES string of the molecule is O=NNC(=O)c1c(O)ccc([N+](=O)[O-])c1CCCl. The molecule has 0 aliphatic carbocycles. The van der Waals surface area contributed by atoms with Gasteiger partial charge in [-0.3, -0.25) is 14.9 Å². The van der Waals surface area contributed by atoms with Gasteiger partial charge in [0.15, 0.2) is 0 Å². The molecular formula is C9H8ClN3O5. The molecule has 0 heterocycles. The highest BCUT2D eigenvalue weighted by atomic mass is 35.5. The van der Waals surface area contributed by atoms with Gasteiger partial charge in [0.2, 0.25) is 0 Å². The molecule has 9 heteroatoms. The van der Waals surface area contributed by atoms with Crippen molar-refractivity contribution in [3.8, 4) is 5.75 Å². The predicted molar refractivity (Wildman–Crippen MR) is 62.4 cm³/mol. The van der Waals surface area contributed by atoms with E-state index in [1.54, 1.807) is 5.43 Å². The van der Waals surface area contributed by atoms with Crippen molar-refractivity contribution in [2.24, 2.45) is 5.29 Å². The van der Waals surface area contributed by atoms with E-state index in [9.17, 15) is 24.9 Å². The minimum absolute atomic E-state index is 0.00607. The third-order valence-electron chi connectivity index (χ3n) is 2.18. The number of carbonyl (C=O) groups excluding carboxylic acids is 1. The van der Waals surface area contributed by atoms with E-state index in [0.29, 0.717) is 0 Å². The summed E-state index contributed by atoms with van der Waals surface area (Å²) in [6, 6.07) is 2.05. The van der Waals surface area contributed by atoms with Gasteiger partial charge < -0.3 is 5.11 Å². The van der Waals surface area contributed by atoms with Crippen molar-refractivity contribution in [3.05, 3.63) is 38.3 Å². The predicted octanol–water partition coefficient (Wildman–Crippen LogP) is 1.49. The lowest BCUT2D eigenvalue weighted by atomic mass is 10.0. The van der Waals surface area contributed by atoms with Crippen LogP contribution in [0, 0.1) is 15.0 Å². The molecule has 8 nitrogen and oxygen atoms in total. The molecule has 0 bridgehead atoms. The zero-order valence-electron chi connectivity index (χ0n) is 8.92. The lowest BCUT2D eigenvalue weighted by Gasteiger charge is -2.08. The Bertz CT molecular complexity index is 505. The number of nitrogens with one attached hydrogen (secondary N) is 1. The average molecular weight is 274 g/mol. The monoisotopic (exact) mass is 273 g/mol. The van der Waals surface area contributed by atoms with Gasteiger partial charge in [0.1, 0.15) is 5.75 Å². The number of amides is 1. The standard InChI is InChI=1S/C9H8ClN3O5/c10-4-3-5-6(13(17)18)1-2-7(14)8(5)9(15)11-12-16/h1-2,14H,3-4H2,(H,11,15,16). The lowest BCUT2D eigenvalue weighted by molar-refractivity contribution is -0.385. The van der Waals surface area contributed by atoms with Gasteiger partial charge in [0.25, 0.3) is 11.6 Å². The first-order valence-corrected chi connectivity index (χ1v) is 5.24. The van der Waals surface area contributed by atoms with Crippen molar-refractivity contribution in [2.75, 3.05) is 5.88 Å². The van der Waals surface area contributed by atoms with Gasteiger partial charge >= 0.3 is 0 Å². The Balaban J connectivity index is 3.44. The summed E-state index contributed by atoms with van der Waals surface area (Å²) in [6.07, 6.45) is -0.00607. The smallest absolute Gasteiger partial charge is 0.278 e. The zero-order chi connectivity index (χ0) is 13.7. The van der Waals surface area contributed by atoms with E-state index in [1.165, 1.54) is 0 Å². The highest BCUT2D eigenvalue weighted by Crippen LogP contribution is 2.30. The molecule has 0 aromatic heterocycles. The van der Waals surface area contributed by atoms with Crippen molar-refractivity contribution < 1.29 is 14.8 Å². The molecule has 1 amide bonds. The van der Waals surface area contributed by atoms with Gasteiger partial charge in [0, 0.05) is 17.5 Å². The van der Waals surface area contributed by atoms with E-state index >= 15 is 0 Å². The molecule has 1 aromatic carbocycles. The van der Waals surface area contributed by atoms with Gasteiger partial charge in [0.05, 0.1) is 15.8 Å². The number of phenolic OH excluding ortho intramolecular Hbond substituents is 1. The first-order chi connectivity index (χ1) is 8.52. The molecule has 0 aliphatic rings. The fraction of sp³-hybridized carbons (Fsp3) is 0.222. The number of nitro benzene ring substituents is 1. The average Bonchev–Trinajstić information content (AvgIpc) is 2.29. The van der Waals surface area contributed by atoms with E-state index < -0.39 is 16.6 Å². The molecular weight excluding hydrogens is 266 g/mol. The third-order valence-corrected chi connectivity index (χ3v) is 2.37. The van der Waals surface area contributed by atoms with Gasteiger partial charge in [-0.15, -0.1) is 16.5 Å². The number of phenols is 1. The van der Waals surface area contributed by atoms with Crippen molar-refractivity contribution >= 4 is 23.2 Å². The molecule has 0 radical (unpaired) electrons. The van der Waals surface area contributed by atoms with Crippen LogP contribution < -0.4 is 5.43 Å². The Morgan fingerprint density at radius 2 is 2.22 bits per heavy atom. The molecule has 0 unspecified atom stereocenters. The fourth-order valence-corrected chi connectivity index (χ4v) is 1.68. The Hall–Kier alpha value is -2.22. The first-order valence-electron chi connectivity index (χ1n) is 4.70. The number of benzene rings is 1. The normalized spacial score (nSPS) is 9.83. The maximum absolute atomic E-state index is 11.5. The molecule has 0 fully saturated rings. The molecule has 18 heavy (non-hydrogen) atoms. The highest BCUT2D eigenvalue weighted by molar-refractivity contribution is 6.18. The molecule has 96 valence electrons. The molecule has 1 aromatic rings. The number of nitroso groups, excluding NO2 is 1. The Morgan fingerprint density at radius 3 is 2.72 bits per heavy atom. The van der Waals surface area contributed by atoms with Crippen LogP contribution in [0.3, 0.4) is 0 Å². The van der Waals surface area contributed by atoms with Crippen molar-refractivity contribution in [1.29, 1.82) is 0 Å². The molecule has 0 atom stereocenters. The number of nitrogens with zero attached hydrogens (tertiary/aromatic N) is 2. The van der Waals surface area contributed by atoms with E-state index in [1.807, 2.05) is 0 Å². The number of alkyl halides is 1. The minimum Gasteiger partial charge on any atom is -0.507 e. The molecule has 1 rings (SSSR count). The Labute approximate surface area is 106 Å². The second-order valence-electron chi connectivity index (χ2n) is 3.19. The molecule has 0 aliphatic heterocycles. The first kappa shape index (κ1) is 13.8. The van der Waals surface area contributed by atoms with Gasteiger partial charge in [-0.25, -0.2) is 5.43 Å². The number of carbonyl (C=O) groups is 1. The van der Waals surface area contributed by atoms with Gasteiger partial charge in [-0.2, -0.15) is 0 Å². The number of nitro groups is 1. The molecule has 0 spiro atoms. The summed E-state index contributed by atoms with van der Waals surface area (Å²) in [4.78, 5) is 31.6. The Kier molecular flexibility index (Phi) is 4.55. The van der Waals surface area contributed by atoms with Crippen LogP contribution in [0.2, 0.25) is 0 Å². The highest BCUT2D eigenvalue weighted by Gasteiger charge is 2.24. The second kappa shape index (κ2) is 5.92. The Morgan fingerprint density at radius 1 is 1.56 bits per heavy atom. The van der Waals surface area contributed by atoms with Crippen LogP contribution in [0.5, 0.6) is 5.75 Å². The van der Waals surface area contributed by atoms with Gasteiger partial charge in [-0.05, 0) is 12.5 Å². The number of aromatic hydroxyl groups is 1. The van der Waals surface area contributed by atoms with Crippen LogP contribution in [0.15, 0.2) is 17.4 Å². The number of hydrogen-bond acceptors (Lipinski definition) is 6. The fourth-order valence-electron chi connectivity index (χ4n) is 1.49. The summed E-state index contributed by atoms with van der Waals surface area (Å²) in [5.41, 5.74) is 0.799. The van der Waals surface area contributed by atoms with E-state index in [2.05, 4.69) is 5.29 Å². The summed E-state index contributed by atoms with van der Waals surface area (Å²) in [5.74, 6) is -1.49. The van der Waals surface area contributed by atoms with E-state index in [4.69, 9.17) is 11.6 Å². The van der Waals surface area contributed by atoms with Crippen LogP contribution in [0.25, 0.3) is 0 Å². The number of rotatable bonds is 5. The molecule has 2 N–H and O–H groups in total. The zero-order valence-corrected chi connectivity index (χ0v) is 9.68. The summed E-state index contributed by atoms with van der Waals surface area (Å²) in [7, 11) is 0. The topological polar surface area (TPSA) is 122 Å². The van der Waals surface area contributed by atoms with E-state index in [-0.39, 0.29) is 29.1 Å². The lowest BCUT2D eigenvalue weighted by Crippen LogP contribution is -2.19. The maximum Gasteiger partial charge on any atom is 0.278 e. The largest absolute Gasteiger partial charge is 0.507 e. The summed E-state index contributed by atoms with van der Waals surface area (Å²) in [5, 5.41) is 22.5. The van der Waals surface area contributed by atoms with Crippen molar-refractivity contribution in [1.82, 2.24) is 5.43 Å². The van der Waals surface area contributed by atoms with Crippen LogP contribution in [0.1, 0.15) is 15.9 Å². The number of halogens is 1. The van der Waals surface area contributed by atoms with Crippen LogP contribution in [-0.4, -0.2) is 21.8 Å².